The number of rotatable bonds is 2. The molecule has 0 unspecified atom stereocenters. The van der Waals surface area contributed by atoms with Crippen LogP contribution in [-0.2, 0) is 0 Å². The van der Waals surface area contributed by atoms with Crippen molar-refractivity contribution >= 4 is 17.3 Å². The van der Waals surface area contributed by atoms with Gasteiger partial charge in [-0.2, -0.15) is 0 Å². The summed E-state index contributed by atoms with van der Waals surface area (Å²) >= 11 is 1.72. The summed E-state index contributed by atoms with van der Waals surface area (Å²) in [5, 5.41) is 0. The van der Waals surface area contributed by atoms with Crippen LogP contribution in [0.2, 0.25) is 0 Å². The van der Waals surface area contributed by atoms with Crippen LogP contribution < -0.4 is 0 Å². The predicted octanol–water partition coefficient (Wildman–Crippen LogP) is 4.43. The summed E-state index contributed by atoms with van der Waals surface area (Å²) in [6, 6.07) is 8.27. The molecule has 1 aliphatic heterocycles. The van der Waals surface area contributed by atoms with Crippen LogP contribution in [-0.4, -0.2) is 0 Å². The van der Waals surface area contributed by atoms with Gasteiger partial charge >= 0.3 is 0 Å². The van der Waals surface area contributed by atoms with Crippen molar-refractivity contribution in [2.45, 2.75) is 4.90 Å². The predicted molar refractivity (Wildman–Crippen MR) is 68.8 cm³/mol. The third-order valence-corrected chi connectivity index (χ3v) is 3.59. The van der Waals surface area contributed by atoms with E-state index in [4.69, 9.17) is 0 Å². The maximum Gasteiger partial charge on any atom is 0.0201 e. The molecule has 1 heterocycles. The maximum atomic E-state index is 4.12. The second kappa shape index (κ2) is 3.95. The minimum Gasteiger partial charge on any atom is -0.0984 e. The second-order valence-corrected chi connectivity index (χ2v) is 4.35. The van der Waals surface area contributed by atoms with Crippen LogP contribution in [0.4, 0.5) is 0 Å². The first kappa shape index (κ1) is 10.1. The molecule has 0 N–H and O–H groups in total. The molecule has 0 saturated carbocycles. The van der Waals surface area contributed by atoms with Crippen molar-refractivity contribution in [3.05, 3.63) is 72.2 Å². The Bertz CT molecular complexity index is 478. The van der Waals surface area contributed by atoms with Gasteiger partial charge in [0.2, 0.25) is 0 Å². The zero-order valence-electron chi connectivity index (χ0n) is 8.49. The minimum atomic E-state index is 1.04. The lowest BCUT2D eigenvalue weighted by Gasteiger charge is -2.20. The summed E-state index contributed by atoms with van der Waals surface area (Å²) < 4.78 is 0. The average molecular weight is 212 g/mol. The first-order chi connectivity index (χ1) is 7.27. The Morgan fingerprint density at radius 1 is 1.07 bits per heavy atom. The highest BCUT2D eigenvalue weighted by Gasteiger charge is 2.17. The third-order valence-electron chi connectivity index (χ3n) is 2.41. The smallest absolute Gasteiger partial charge is 0.0201 e. The molecule has 1 aromatic carbocycles. The van der Waals surface area contributed by atoms with E-state index in [1.54, 1.807) is 11.8 Å². The Hall–Kier alpha value is -1.47. The SMILES string of the molecule is C=CC1=C(C=C)C(=C)c2ccccc2S1. The number of fused-ring (bicyclic) bond motifs is 1. The van der Waals surface area contributed by atoms with Gasteiger partial charge in [-0.3, -0.25) is 0 Å². The maximum absolute atomic E-state index is 4.12. The first-order valence-electron chi connectivity index (χ1n) is 4.73. The van der Waals surface area contributed by atoms with Crippen molar-refractivity contribution in [1.82, 2.24) is 0 Å². The zero-order chi connectivity index (χ0) is 10.8. The van der Waals surface area contributed by atoms with Gasteiger partial charge in [-0.25, -0.2) is 0 Å². The van der Waals surface area contributed by atoms with Gasteiger partial charge in [0.15, 0.2) is 0 Å². The topological polar surface area (TPSA) is 0 Å². The largest absolute Gasteiger partial charge is 0.0984 e. The van der Waals surface area contributed by atoms with Gasteiger partial charge in [-0.05, 0) is 22.8 Å². The van der Waals surface area contributed by atoms with Crippen LogP contribution in [0.15, 0.2) is 71.5 Å². The molecule has 0 aliphatic carbocycles. The molecular weight excluding hydrogens is 200 g/mol. The van der Waals surface area contributed by atoms with Crippen LogP contribution in [0.1, 0.15) is 5.56 Å². The van der Waals surface area contributed by atoms with E-state index in [-0.39, 0.29) is 0 Å². The first-order valence-corrected chi connectivity index (χ1v) is 5.55. The molecule has 0 nitrogen and oxygen atoms in total. The number of allylic oxidation sites excluding steroid dienone is 4. The van der Waals surface area contributed by atoms with Crippen LogP contribution in [0.3, 0.4) is 0 Å². The third kappa shape index (κ3) is 1.59. The Labute approximate surface area is 94.7 Å². The Morgan fingerprint density at radius 3 is 2.47 bits per heavy atom. The molecule has 1 aromatic rings. The van der Waals surface area contributed by atoms with E-state index in [1.165, 1.54) is 10.5 Å². The van der Waals surface area contributed by atoms with Crippen LogP contribution in [0.25, 0.3) is 5.57 Å². The molecule has 1 heteroatoms. The van der Waals surface area contributed by atoms with Crippen molar-refractivity contribution in [2.75, 3.05) is 0 Å². The number of hydrogen-bond donors (Lipinski definition) is 0. The van der Waals surface area contributed by atoms with E-state index in [0.29, 0.717) is 0 Å². The van der Waals surface area contributed by atoms with Crippen molar-refractivity contribution in [2.24, 2.45) is 0 Å². The van der Waals surface area contributed by atoms with Crippen molar-refractivity contribution < 1.29 is 0 Å². The lowest BCUT2D eigenvalue weighted by atomic mass is 9.98. The summed E-state index contributed by atoms with van der Waals surface area (Å²) in [5.74, 6) is 0. The average Bonchev–Trinajstić information content (AvgIpc) is 2.29. The molecule has 1 aliphatic rings. The molecule has 74 valence electrons. The summed E-state index contributed by atoms with van der Waals surface area (Å²) in [6.45, 7) is 11.8. The Morgan fingerprint density at radius 2 is 1.80 bits per heavy atom. The summed E-state index contributed by atoms with van der Waals surface area (Å²) in [6.07, 6.45) is 3.71. The quantitative estimate of drug-likeness (QED) is 0.698. The van der Waals surface area contributed by atoms with Crippen molar-refractivity contribution in [3.63, 3.8) is 0 Å². The molecule has 0 amide bonds. The molecule has 0 fully saturated rings. The molecule has 0 radical (unpaired) electrons. The van der Waals surface area contributed by atoms with Gasteiger partial charge in [-0.1, -0.05) is 61.8 Å². The Balaban J connectivity index is 2.61. The fourth-order valence-electron chi connectivity index (χ4n) is 1.65. The van der Waals surface area contributed by atoms with Gasteiger partial charge in [0.25, 0.3) is 0 Å². The molecule has 0 saturated heterocycles. The molecule has 2 rings (SSSR count). The molecule has 0 atom stereocenters. The number of hydrogen-bond acceptors (Lipinski definition) is 1. The monoisotopic (exact) mass is 212 g/mol. The fourth-order valence-corrected chi connectivity index (χ4v) is 2.73. The normalized spacial score (nSPS) is 14.8. The van der Waals surface area contributed by atoms with Gasteiger partial charge in [-0.15, -0.1) is 0 Å². The number of thioether (sulfide) groups is 1. The summed E-state index contributed by atoms with van der Waals surface area (Å²) in [4.78, 5) is 2.37. The zero-order valence-corrected chi connectivity index (χ0v) is 9.31. The minimum absolute atomic E-state index is 1.04. The van der Waals surface area contributed by atoms with E-state index in [0.717, 1.165) is 16.1 Å². The number of benzene rings is 1. The highest BCUT2D eigenvalue weighted by molar-refractivity contribution is 8.03. The van der Waals surface area contributed by atoms with Gasteiger partial charge in [0.05, 0.1) is 0 Å². The van der Waals surface area contributed by atoms with Crippen molar-refractivity contribution in [1.29, 1.82) is 0 Å². The van der Waals surface area contributed by atoms with E-state index in [2.05, 4.69) is 31.9 Å². The second-order valence-electron chi connectivity index (χ2n) is 3.26. The van der Waals surface area contributed by atoms with E-state index in [1.807, 2.05) is 24.3 Å². The highest BCUT2D eigenvalue weighted by Crippen LogP contribution is 2.44. The Kier molecular flexibility index (Phi) is 2.65. The highest BCUT2D eigenvalue weighted by atomic mass is 32.2. The lowest BCUT2D eigenvalue weighted by Crippen LogP contribution is -1.97. The van der Waals surface area contributed by atoms with Crippen molar-refractivity contribution in [3.8, 4) is 0 Å². The van der Waals surface area contributed by atoms with Crippen LogP contribution in [0, 0.1) is 0 Å². The van der Waals surface area contributed by atoms with E-state index < -0.39 is 0 Å². The summed E-state index contributed by atoms with van der Waals surface area (Å²) in [7, 11) is 0. The van der Waals surface area contributed by atoms with Gasteiger partial charge < -0.3 is 0 Å². The molecule has 0 bridgehead atoms. The van der Waals surface area contributed by atoms with Crippen LogP contribution in [0.5, 0.6) is 0 Å². The molecule has 0 aromatic heterocycles. The standard InChI is InChI=1S/C14H12S/c1-4-11-10(3)12-8-6-7-9-14(12)15-13(11)5-2/h4-9H,1-3H2. The fraction of sp³-hybridized carbons (Fsp3) is 0. The summed E-state index contributed by atoms with van der Waals surface area (Å²) in [5.41, 5.74) is 3.32. The van der Waals surface area contributed by atoms with E-state index in [9.17, 15) is 0 Å². The van der Waals surface area contributed by atoms with Gasteiger partial charge in [0.1, 0.15) is 0 Å². The molecular formula is C14H12S. The van der Waals surface area contributed by atoms with E-state index >= 15 is 0 Å². The lowest BCUT2D eigenvalue weighted by molar-refractivity contribution is 1.38. The molecule has 15 heavy (non-hydrogen) atoms. The molecule has 0 spiro atoms. The van der Waals surface area contributed by atoms with Gasteiger partial charge in [0, 0.05) is 9.80 Å². The van der Waals surface area contributed by atoms with Crippen LogP contribution >= 0.6 is 11.8 Å².